The minimum atomic E-state index is 0.0442. The molecule has 1 fully saturated rings. The number of amides is 1. The highest BCUT2D eigenvalue weighted by atomic mass is 16.2. The molecule has 2 rings (SSSR count). The van der Waals surface area contributed by atoms with Crippen molar-refractivity contribution in [2.45, 2.75) is 31.7 Å². The maximum absolute atomic E-state index is 12.8. The molecule has 0 saturated heterocycles. The lowest BCUT2D eigenvalue weighted by molar-refractivity contribution is 0.0668. The average Bonchev–Trinajstić information content (AvgIpc) is 2.91. The highest BCUT2D eigenvalue weighted by Gasteiger charge is 2.27. The Morgan fingerprint density at radius 2 is 1.67 bits per heavy atom. The average molecular weight is 290 g/mol. The second-order valence-electron chi connectivity index (χ2n) is 6.13. The van der Waals surface area contributed by atoms with Crippen LogP contribution >= 0.6 is 0 Å². The van der Waals surface area contributed by atoms with E-state index in [0.717, 1.165) is 25.9 Å². The molecule has 1 saturated carbocycles. The summed E-state index contributed by atoms with van der Waals surface area (Å²) < 4.78 is 0. The van der Waals surface area contributed by atoms with Crippen molar-refractivity contribution in [1.82, 2.24) is 9.80 Å². The molecule has 0 aliphatic heterocycles. The highest BCUT2D eigenvalue weighted by molar-refractivity contribution is 5.96. The summed E-state index contributed by atoms with van der Waals surface area (Å²) in [4.78, 5) is 16.9. The molecule has 5 heteroatoms. The van der Waals surface area contributed by atoms with E-state index in [1.165, 1.54) is 12.8 Å². The predicted octanol–water partition coefficient (Wildman–Crippen LogP) is 1.80. The molecule has 116 valence electrons. The smallest absolute Gasteiger partial charge is 0.254 e. The van der Waals surface area contributed by atoms with Gasteiger partial charge in [-0.05, 0) is 45.1 Å². The van der Waals surface area contributed by atoms with Crippen LogP contribution in [0, 0.1) is 0 Å². The van der Waals surface area contributed by atoms with Gasteiger partial charge >= 0.3 is 0 Å². The van der Waals surface area contributed by atoms with Crippen molar-refractivity contribution in [1.29, 1.82) is 0 Å². The van der Waals surface area contributed by atoms with Gasteiger partial charge in [0.25, 0.3) is 5.91 Å². The molecule has 0 bridgehead atoms. The first-order valence-corrected chi connectivity index (χ1v) is 7.59. The lowest BCUT2D eigenvalue weighted by atomic mass is 10.1. The molecule has 0 radical (unpaired) electrons. The van der Waals surface area contributed by atoms with Crippen molar-refractivity contribution < 1.29 is 4.79 Å². The van der Waals surface area contributed by atoms with E-state index in [9.17, 15) is 4.79 Å². The molecular weight excluding hydrogens is 264 g/mol. The van der Waals surface area contributed by atoms with E-state index in [4.69, 9.17) is 11.5 Å². The number of likely N-dealkylation sites (N-methyl/N-ethyl adjacent to an activating group) is 1. The van der Waals surface area contributed by atoms with Crippen molar-refractivity contribution >= 4 is 17.3 Å². The fourth-order valence-corrected chi connectivity index (χ4v) is 2.94. The first-order valence-electron chi connectivity index (χ1n) is 7.59. The molecular formula is C16H26N4O. The van der Waals surface area contributed by atoms with Gasteiger partial charge in [0.05, 0.1) is 0 Å². The summed E-state index contributed by atoms with van der Waals surface area (Å²) in [6.07, 6.45) is 4.60. The minimum Gasteiger partial charge on any atom is -0.399 e. The van der Waals surface area contributed by atoms with E-state index < -0.39 is 0 Å². The SMILES string of the molecule is CN(C)CCN(C(=O)c1cc(N)cc(N)c1)C1CCCC1. The molecule has 0 aromatic heterocycles. The Bertz CT molecular complexity index is 475. The number of benzene rings is 1. The van der Waals surface area contributed by atoms with Crippen LogP contribution in [-0.4, -0.2) is 48.9 Å². The van der Waals surface area contributed by atoms with Crippen LogP contribution in [0.5, 0.6) is 0 Å². The molecule has 0 heterocycles. The number of nitrogen functional groups attached to an aromatic ring is 2. The number of rotatable bonds is 5. The van der Waals surface area contributed by atoms with Gasteiger partial charge in [-0.25, -0.2) is 0 Å². The fourth-order valence-electron chi connectivity index (χ4n) is 2.94. The van der Waals surface area contributed by atoms with Gasteiger partial charge in [0.2, 0.25) is 0 Å². The van der Waals surface area contributed by atoms with Crippen LogP contribution in [0.3, 0.4) is 0 Å². The monoisotopic (exact) mass is 290 g/mol. The summed E-state index contributed by atoms with van der Waals surface area (Å²) >= 11 is 0. The van der Waals surface area contributed by atoms with Crippen molar-refractivity contribution in [3.8, 4) is 0 Å². The summed E-state index contributed by atoms with van der Waals surface area (Å²) in [5.41, 5.74) is 13.3. The third-order valence-electron chi connectivity index (χ3n) is 4.04. The zero-order valence-electron chi connectivity index (χ0n) is 13.0. The van der Waals surface area contributed by atoms with Crippen molar-refractivity contribution in [2.75, 3.05) is 38.7 Å². The molecule has 21 heavy (non-hydrogen) atoms. The number of carbonyl (C=O) groups is 1. The highest BCUT2D eigenvalue weighted by Crippen LogP contribution is 2.25. The van der Waals surface area contributed by atoms with Gasteiger partial charge in [0.15, 0.2) is 0 Å². The third kappa shape index (κ3) is 4.11. The lowest BCUT2D eigenvalue weighted by Gasteiger charge is -2.30. The summed E-state index contributed by atoms with van der Waals surface area (Å²) in [6, 6.07) is 5.46. The summed E-state index contributed by atoms with van der Waals surface area (Å²) in [5, 5.41) is 0. The van der Waals surface area contributed by atoms with Gasteiger partial charge in [-0.2, -0.15) is 0 Å². The number of nitrogens with two attached hydrogens (primary N) is 2. The Morgan fingerprint density at radius 1 is 1.10 bits per heavy atom. The van der Waals surface area contributed by atoms with Crippen LogP contribution in [0.2, 0.25) is 0 Å². The Morgan fingerprint density at radius 3 is 2.19 bits per heavy atom. The zero-order chi connectivity index (χ0) is 15.4. The van der Waals surface area contributed by atoms with E-state index in [0.29, 0.717) is 23.0 Å². The van der Waals surface area contributed by atoms with Gasteiger partial charge in [-0.1, -0.05) is 12.8 Å². The number of hydrogen-bond acceptors (Lipinski definition) is 4. The van der Waals surface area contributed by atoms with Crippen LogP contribution < -0.4 is 11.5 Å². The first kappa shape index (κ1) is 15.6. The number of carbonyl (C=O) groups excluding carboxylic acids is 1. The quantitative estimate of drug-likeness (QED) is 0.811. The standard InChI is InChI=1S/C16H26N4O/c1-19(2)7-8-20(15-5-3-4-6-15)16(21)12-9-13(17)11-14(18)10-12/h9-11,15H,3-8,17-18H2,1-2H3. The van der Waals surface area contributed by atoms with Crippen LogP contribution in [0.4, 0.5) is 11.4 Å². The molecule has 1 aliphatic rings. The summed E-state index contributed by atoms with van der Waals surface area (Å²) in [5.74, 6) is 0.0442. The van der Waals surface area contributed by atoms with Crippen molar-refractivity contribution in [3.05, 3.63) is 23.8 Å². The number of nitrogens with zero attached hydrogens (tertiary/aromatic N) is 2. The number of anilines is 2. The third-order valence-corrected chi connectivity index (χ3v) is 4.04. The second kappa shape index (κ2) is 6.80. The number of hydrogen-bond donors (Lipinski definition) is 2. The molecule has 1 aromatic rings. The molecule has 0 spiro atoms. The van der Waals surface area contributed by atoms with Gasteiger partial charge in [-0.15, -0.1) is 0 Å². The van der Waals surface area contributed by atoms with Crippen molar-refractivity contribution in [2.24, 2.45) is 0 Å². The second-order valence-corrected chi connectivity index (χ2v) is 6.13. The van der Waals surface area contributed by atoms with E-state index in [-0.39, 0.29) is 5.91 Å². The van der Waals surface area contributed by atoms with E-state index in [1.54, 1.807) is 18.2 Å². The molecule has 5 nitrogen and oxygen atoms in total. The van der Waals surface area contributed by atoms with Crippen LogP contribution in [0.1, 0.15) is 36.0 Å². The molecule has 1 aliphatic carbocycles. The van der Waals surface area contributed by atoms with Crippen LogP contribution in [0.15, 0.2) is 18.2 Å². The zero-order valence-corrected chi connectivity index (χ0v) is 13.0. The van der Waals surface area contributed by atoms with Gasteiger partial charge in [-0.3, -0.25) is 4.79 Å². The predicted molar refractivity (Wildman–Crippen MR) is 87.1 cm³/mol. The van der Waals surface area contributed by atoms with Crippen LogP contribution in [-0.2, 0) is 0 Å². The van der Waals surface area contributed by atoms with Gasteiger partial charge in [0.1, 0.15) is 0 Å². The Balaban J connectivity index is 2.19. The minimum absolute atomic E-state index is 0.0442. The first-order chi connectivity index (χ1) is 9.97. The molecule has 4 N–H and O–H groups in total. The molecule has 1 amide bonds. The molecule has 1 aromatic carbocycles. The molecule has 0 atom stereocenters. The maximum atomic E-state index is 12.8. The fraction of sp³-hybridized carbons (Fsp3) is 0.562. The van der Waals surface area contributed by atoms with Crippen LogP contribution in [0.25, 0.3) is 0 Å². The van der Waals surface area contributed by atoms with Crippen molar-refractivity contribution in [3.63, 3.8) is 0 Å². The summed E-state index contributed by atoms with van der Waals surface area (Å²) in [7, 11) is 4.05. The van der Waals surface area contributed by atoms with E-state index in [2.05, 4.69) is 4.90 Å². The largest absolute Gasteiger partial charge is 0.399 e. The van der Waals surface area contributed by atoms with E-state index in [1.807, 2.05) is 19.0 Å². The van der Waals surface area contributed by atoms with Gasteiger partial charge in [0, 0.05) is 36.1 Å². The topological polar surface area (TPSA) is 75.6 Å². The summed E-state index contributed by atoms with van der Waals surface area (Å²) in [6.45, 7) is 1.60. The molecule has 0 unspecified atom stereocenters. The van der Waals surface area contributed by atoms with E-state index >= 15 is 0 Å². The Hall–Kier alpha value is -1.75. The Labute approximate surface area is 126 Å². The lowest BCUT2D eigenvalue weighted by Crippen LogP contribution is -2.42. The van der Waals surface area contributed by atoms with Gasteiger partial charge < -0.3 is 21.3 Å². The Kier molecular flexibility index (Phi) is 5.07. The maximum Gasteiger partial charge on any atom is 0.254 e. The normalized spacial score (nSPS) is 15.6.